The van der Waals surface area contributed by atoms with Gasteiger partial charge in [-0.05, 0) is 30.2 Å². The molecule has 1 aliphatic rings. The average molecular weight is 342 g/mol. The van der Waals surface area contributed by atoms with Gasteiger partial charge in [-0.1, -0.05) is 6.07 Å². The van der Waals surface area contributed by atoms with E-state index < -0.39 is 34.9 Å². The minimum absolute atomic E-state index is 0.0916. The fourth-order valence-electron chi connectivity index (χ4n) is 2.61. The highest BCUT2D eigenvalue weighted by atomic mass is 19.4. The molecule has 8 heteroatoms. The summed E-state index contributed by atoms with van der Waals surface area (Å²) in [4.78, 5) is 36.3. The number of hydrogen-bond acceptors (Lipinski definition) is 5. The molecule has 0 amide bonds. The number of ketones is 1. The van der Waals surface area contributed by atoms with Gasteiger partial charge in [0.25, 0.3) is 0 Å². The first-order chi connectivity index (χ1) is 11.1. The predicted molar refractivity (Wildman–Crippen MR) is 75.9 cm³/mol. The largest absolute Gasteiger partial charge is 0.468 e. The van der Waals surface area contributed by atoms with Gasteiger partial charge in [0.1, 0.15) is 0 Å². The van der Waals surface area contributed by atoms with E-state index in [1.54, 1.807) is 0 Å². The van der Waals surface area contributed by atoms with E-state index in [0.29, 0.717) is 0 Å². The molecule has 0 saturated heterocycles. The van der Waals surface area contributed by atoms with Crippen LogP contribution in [0.25, 0.3) is 5.57 Å². The lowest BCUT2D eigenvalue weighted by Gasteiger charge is -2.21. The molecule has 1 aliphatic carbocycles. The van der Waals surface area contributed by atoms with E-state index in [1.165, 1.54) is 6.92 Å². The number of Topliss-reactive ketones (excluding diaryl/α,β-unsaturated/α-hetero) is 1. The maximum absolute atomic E-state index is 12.9. The fraction of sp³-hybridized carbons (Fsp3) is 0.312. The molecule has 0 bridgehead atoms. The molecule has 0 unspecified atom stereocenters. The Bertz CT molecular complexity index is 763. The summed E-state index contributed by atoms with van der Waals surface area (Å²) < 4.78 is 47.9. The molecule has 0 heterocycles. The van der Waals surface area contributed by atoms with Crippen LogP contribution in [0.2, 0.25) is 0 Å². The van der Waals surface area contributed by atoms with E-state index >= 15 is 0 Å². The topological polar surface area (TPSA) is 69.7 Å². The van der Waals surface area contributed by atoms with E-state index in [-0.39, 0.29) is 16.7 Å². The first kappa shape index (κ1) is 17.7. The number of esters is 2. The summed E-state index contributed by atoms with van der Waals surface area (Å²) in [5.41, 5.74) is -3.35. The van der Waals surface area contributed by atoms with Crippen LogP contribution in [0.4, 0.5) is 13.2 Å². The number of rotatable bonds is 2. The highest BCUT2D eigenvalue weighted by molar-refractivity contribution is 6.28. The van der Waals surface area contributed by atoms with E-state index in [1.807, 2.05) is 0 Å². The molecule has 0 aliphatic heterocycles. The van der Waals surface area contributed by atoms with Crippen LogP contribution in [0.5, 0.6) is 0 Å². The Labute approximate surface area is 135 Å². The summed E-state index contributed by atoms with van der Waals surface area (Å²) in [5, 5.41) is 0. The molecule has 24 heavy (non-hydrogen) atoms. The van der Waals surface area contributed by atoms with Gasteiger partial charge in [0.05, 0.1) is 19.8 Å². The number of halogens is 3. The van der Waals surface area contributed by atoms with Gasteiger partial charge in [-0.2, -0.15) is 13.2 Å². The van der Waals surface area contributed by atoms with Gasteiger partial charge in [0, 0.05) is 11.6 Å². The third-order valence-corrected chi connectivity index (χ3v) is 3.93. The molecule has 5 nitrogen and oxygen atoms in total. The molecule has 2 rings (SSSR count). The number of ether oxygens (including phenoxy) is 2. The van der Waals surface area contributed by atoms with Crippen LogP contribution in [-0.2, 0) is 25.2 Å². The third kappa shape index (κ3) is 2.57. The zero-order valence-corrected chi connectivity index (χ0v) is 13.0. The van der Waals surface area contributed by atoms with Crippen LogP contribution in [0.15, 0.2) is 24.3 Å². The van der Waals surface area contributed by atoms with E-state index in [9.17, 15) is 27.6 Å². The van der Waals surface area contributed by atoms with Crippen LogP contribution in [0, 0.1) is 5.41 Å². The molecular formula is C16H13F3O5. The zero-order valence-electron chi connectivity index (χ0n) is 13.0. The van der Waals surface area contributed by atoms with Gasteiger partial charge < -0.3 is 9.47 Å². The molecule has 0 radical (unpaired) electrons. The van der Waals surface area contributed by atoms with Gasteiger partial charge in [-0.3, -0.25) is 9.59 Å². The Kier molecular flexibility index (Phi) is 4.26. The van der Waals surface area contributed by atoms with Crippen LogP contribution < -0.4 is 0 Å². The number of benzene rings is 1. The lowest BCUT2D eigenvalue weighted by molar-refractivity contribution is -0.145. The highest BCUT2D eigenvalue weighted by Crippen LogP contribution is 2.48. The second kappa shape index (κ2) is 5.77. The van der Waals surface area contributed by atoms with Crippen LogP contribution in [0.3, 0.4) is 0 Å². The second-order valence-corrected chi connectivity index (χ2v) is 5.29. The molecule has 0 fully saturated rings. The van der Waals surface area contributed by atoms with Crippen LogP contribution in [-0.4, -0.2) is 31.9 Å². The van der Waals surface area contributed by atoms with Crippen molar-refractivity contribution in [1.29, 1.82) is 0 Å². The number of alkyl halides is 3. The highest BCUT2D eigenvalue weighted by Gasteiger charge is 2.53. The number of carbonyl (C=O) groups is 3. The Hall–Kier alpha value is -2.64. The van der Waals surface area contributed by atoms with Crippen molar-refractivity contribution in [2.45, 2.75) is 13.1 Å². The summed E-state index contributed by atoms with van der Waals surface area (Å²) in [5.74, 6) is -2.63. The smallest absolute Gasteiger partial charge is 0.416 e. The van der Waals surface area contributed by atoms with Gasteiger partial charge in [-0.25, -0.2) is 4.79 Å². The van der Waals surface area contributed by atoms with Crippen molar-refractivity contribution in [3.05, 3.63) is 41.0 Å². The lowest BCUT2D eigenvalue weighted by atomic mass is 9.81. The molecule has 1 aromatic carbocycles. The fourth-order valence-corrected chi connectivity index (χ4v) is 2.61. The Balaban J connectivity index is 2.77. The Morgan fingerprint density at radius 3 is 2.25 bits per heavy atom. The second-order valence-electron chi connectivity index (χ2n) is 5.29. The average Bonchev–Trinajstić information content (AvgIpc) is 2.75. The van der Waals surface area contributed by atoms with E-state index in [2.05, 4.69) is 9.47 Å². The van der Waals surface area contributed by atoms with E-state index in [4.69, 9.17) is 0 Å². The minimum atomic E-state index is -4.64. The summed E-state index contributed by atoms with van der Waals surface area (Å²) in [6, 6.07) is 2.46. The molecule has 128 valence electrons. The van der Waals surface area contributed by atoms with E-state index in [0.717, 1.165) is 38.5 Å². The van der Waals surface area contributed by atoms with Crippen molar-refractivity contribution in [2.75, 3.05) is 14.2 Å². The molecule has 1 aromatic rings. The van der Waals surface area contributed by atoms with Crippen molar-refractivity contribution < 1.29 is 37.0 Å². The maximum Gasteiger partial charge on any atom is 0.416 e. The number of hydrogen-bond donors (Lipinski definition) is 0. The molecule has 0 N–H and O–H groups in total. The molecule has 0 saturated carbocycles. The SMILES string of the molecule is COC(=O)/C=C1/c2cc(C(F)(F)F)ccc2C(=O)[C@@]1(C)C(=O)OC. The number of fused-ring (bicyclic) bond motifs is 1. The van der Waals surface area contributed by atoms with Crippen molar-refractivity contribution >= 4 is 23.3 Å². The molecule has 1 atom stereocenters. The molecule has 0 spiro atoms. The minimum Gasteiger partial charge on any atom is -0.468 e. The number of carbonyl (C=O) groups excluding carboxylic acids is 3. The van der Waals surface area contributed by atoms with Crippen LogP contribution in [0.1, 0.15) is 28.4 Å². The van der Waals surface area contributed by atoms with Gasteiger partial charge in [0.2, 0.25) is 0 Å². The van der Waals surface area contributed by atoms with Gasteiger partial charge >= 0.3 is 18.1 Å². The summed E-state index contributed by atoms with van der Waals surface area (Å²) in [6.45, 7) is 1.20. The summed E-state index contributed by atoms with van der Waals surface area (Å²) in [6.07, 6.45) is -3.81. The maximum atomic E-state index is 12.9. The standard InChI is InChI=1S/C16H13F3O5/c1-15(14(22)24-3)11(7-12(20)23-2)10-6-8(16(17,18)19)4-5-9(10)13(15)21/h4-7H,1-3H3/b11-7-/t15-/m0/s1. The third-order valence-electron chi connectivity index (χ3n) is 3.93. The van der Waals surface area contributed by atoms with Crippen LogP contribution >= 0.6 is 0 Å². The van der Waals surface area contributed by atoms with Gasteiger partial charge in [-0.15, -0.1) is 0 Å². The molecule has 0 aromatic heterocycles. The van der Waals surface area contributed by atoms with Crippen molar-refractivity contribution in [1.82, 2.24) is 0 Å². The first-order valence-electron chi connectivity index (χ1n) is 6.72. The lowest BCUT2D eigenvalue weighted by Crippen LogP contribution is -2.34. The van der Waals surface area contributed by atoms with Crippen molar-refractivity contribution in [3.63, 3.8) is 0 Å². The van der Waals surface area contributed by atoms with Crippen molar-refractivity contribution in [2.24, 2.45) is 5.41 Å². The van der Waals surface area contributed by atoms with Crippen molar-refractivity contribution in [3.8, 4) is 0 Å². The Morgan fingerprint density at radius 1 is 1.12 bits per heavy atom. The zero-order chi connectivity index (χ0) is 18.3. The van der Waals surface area contributed by atoms with Gasteiger partial charge in [0.15, 0.2) is 11.2 Å². The Morgan fingerprint density at radius 2 is 1.75 bits per heavy atom. The predicted octanol–water partition coefficient (Wildman–Crippen LogP) is 2.64. The number of methoxy groups -OCH3 is 2. The monoisotopic (exact) mass is 342 g/mol. The normalized spacial score (nSPS) is 21.6. The summed E-state index contributed by atoms with van der Waals surface area (Å²) in [7, 11) is 2.11. The quantitative estimate of drug-likeness (QED) is 0.469. The first-order valence-corrected chi connectivity index (χ1v) is 6.72. The summed E-state index contributed by atoms with van der Waals surface area (Å²) >= 11 is 0. The molecular weight excluding hydrogens is 329 g/mol.